The van der Waals surface area contributed by atoms with Gasteiger partial charge in [-0.15, -0.1) is 0 Å². The molecule has 0 amide bonds. The van der Waals surface area contributed by atoms with Gasteiger partial charge >= 0.3 is 0 Å². The van der Waals surface area contributed by atoms with Crippen molar-refractivity contribution in [3.05, 3.63) is 29.8 Å². The van der Waals surface area contributed by atoms with E-state index in [4.69, 9.17) is 4.74 Å². The van der Waals surface area contributed by atoms with Crippen LogP contribution in [0.5, 0.6) is 0 Å². The molecule has 0 unspecified atom stereocenters. The molecule has 0 radical (unpaired) electrons. The molecule has 0 saturated carbocycles. The average Bonchev–Trinajstić information content (AvgIpc) is 2.86. The molecular weight excluding hydrogens is 269 g/mol. The molecule has 1 fully saturated rings. The van der Waals surface area contributed by atoms with Crippen LogP contribution in [0.25, 0.3) is 11.0 Å². The van der Waals surface area contributed by atoms with Gasteiger partial charge in [-0.3, -0.25) is 0 Å². The highest BCUT2D eigenvalue weighted by Gasteiger charge is 2.17. The summed E-state index contributed by atoms with van der Waals surface area (Å²) in [7, 11) is 0. The van der Waals surface area contributed by atoms with Crippen LogP contribution in [0.2, 0.25) is 0 Å². The number of ether oxygens (including phenoxy) is 1. The molecule has 5 heteroatoms. The molecule has 1 aromatic carbocycles. The van der Waals surface area contributed by atoms with E-state index in [-0.39, 0.29) is 11.9 Å². The monoisotopic (exact) mass is 291 g/mol. The molecule has 0 spiro atoms. The molecule has 1 aromatic heterocycles. The zero-order valence-corrected chi connectivity index (χ0v) is 12.4. The van der Waals surface area contributed by atoms with E-state index in [2.05, 4.69) is 21.8 Å². The Balaban J connectivity index is 1.82. The van der Waals surface area contributed by atoms with Crippen LogP contribution in [0.4, 0.5) is 4.39 Å². The normalized spacial score (nSPS) is 16.7. The van der Waals surface area contributed by atoms with E-state index >= 15 is 0 Å². The highest BCUT2D eigenvalue weighted by atomic mass is 19.1. The largest absolute Gasteiger partial charge is 0.370 e. The summed E-state index contributed by atoms with van der Waals surface area (Å²) >= 11 is 0. The third kappa shape index (κ3) is 3.09. The first-order valence-corrected chi connectivity index (χ1v) is 7.75. The standard InChI is InChI=1S/C16H22FN3O/c1-2-10-20-14-5-3-4-13(17)16(14)19-15(20)11-21-12-6-8-18-9-7-12/h3-5,12,18H,2,6-11H2,1H3. The molecule has 2 heterocycles. The van der Waals surface area contributed by atoms with Gasteiger partial charge in [0.15, 0.2) is 5.82 Å². The number of piperidine rings is 1. The van der Waals surface area contributed by atoms with Crippen molar-refractivity contribution >= 4 is 11.0 Å². The predicted molar refractivity (Wildman–Crippen MR) is 80.7 cm³/mol. The van der Waals surface area contributed by atoms with Crippen molar-refractivity contribution < 1.29 is 9.13 Å². The predicted octanol–water partition coefficient (Wildman–Crippen LogP) is 2.85. The van der Waals surface area contributed by atoms with E-state index in [1.165, 1.54) is 6.07 Å². The Morgan fingerprint density at radius 1 is 1.38 bits per heavy atom. The highest BCUT2D eigenvalue weighted by Crippen LogP contribution is 2.21. The fourth-order valence-electron chi connectivity index (χ4n) is 2.90. The molecule has 114 valence electrons. The number of rotatable bonds is 5. The van der Waals surface area contributed by atoms with Crippen molar-refractivity contribution in [1.29, 1.82) is 0 Å². The second-order valence-electron chi connectivity index (χ2n) is 5.55. The van der Waals surface area contributed by atoms with Crippen molar-refractivity contribution in [2.45, 2.75) is 45.4 Å². The van der Waals surface area contributed by atoms with Crippen LogP contribution in [0.3, 0.4) is 0 Å². The quantitative estimate of drug-likeness (QED) is 0.920. The average molecular weight is 291 g/mol. The van der Waals surface area contributed by atoms with Crippen molar-refractivity contribution in [2.24, 2.45) is 0 Å². The van der Waals surface area contributed by atoms with Crippen LogP contribution < -0.4 is 5.32 Å². The summed E-state index contributed by atoms with van der Waals surface area (Å²) in [5, 5.41) is 3.32. The summed E-state index contributed by atoms with van der Waals surface area (Å²) < 4.78 is 22.0. The first-order chi connectivity index (χ1) is 10.3. The Labute approximate surface area is 124 Å². The summed E-state index contributed by atoms with van der Waals surface area (Å²) in [6.45, 7) is 5.42. The molecule has 1 saturated heterocycles. The summed E-state index contributed by atoms with van der Waals surface area (Å²) in [6, 6.07) is 5.13. The molecule has 0 bridgehead atoms. The van der Waals surface area contributed by atoms with Gasteiger partial charge in [-0.1, -0.05) is 13.0 Å². The molecule has 0 aliphatic carbocycles. The first-order valence-electron chi connectivity index (χ1n) is 7.75. The summed E-state index contributed by atoms with van der Waals surface area (Å²) in [5.74, 6) is 0.570. The lowest BCUT2D eigenvalue weighted by Crippen LogP contribution is -2.32. The molecule has 1 aliphatic rings. The number of imidazole rings is 1. The SMILES string of the molecule is CCCn1c(COC2CCNCC2)nc2c(F)cccc21. The Morgan fingerprint density at radius 2 is 2.19 bits per heavy atom. The molecule has 0 atom stereocenters. The Morgan fingerprint density at radius 3 is 2.95 bits per heavy atom. The number of nitrogens with one attached hydrogen (secondary N) is 1. The van der Waals surface area contributed by atoms with Crippen LogP contribution in [-0.2, 0) is 17.9 Å². The second kappa shape index (κ2) is 6.54. The van der Waals surface area contributed by atoms with E-state index in [1.807, 2.05) is 6.07 Å². The minimum Gasteiger partial charge on any atom is -0.370 e. The van der Waals surface area contributed by atoms with E-state index in [0.29, 0.717) is 12.1 Å². The maximum absolute atomic E-state index is 13.9. The van der Waals surface area contributed by atoms with Crippen molar-refractivity contribution in [2.75, 3.05) is 13.1 Å². The highest BCUT2D eigenvalue weighted by molar-refractivity contribution is 5.76. The lowest BCUT2D eigenvalue weighted by molar-refractivity contribution is 0.0166. The minimum atomic E-state index is -0.259. The summed E-state index contributed by atoms with van der Waals surface area (Å²) in [4.78, 5) is 4.46. The zero-order chi connectivity index (χ0) is 14.7. The lowest BCUT2D eigenvalue weighted by atomic mass is 10.1. The first kappa shape index (κ1) is 14.5. The molecular formula is C16H22FN3O. The van der Waals surface area contributed by atoms with E-state index in [1.54, 1.807) is 6.07 Å². The second-order valence-corrected chi connectivity index (χ2v) is 5.55. The van der Waals surface area contributed by atoms with Gasteiger partial charge in [0.1, 0.15) is 17.9 Å². The van der Waals surface area contributed by atoms with Crippen molar-refractivity contribution in [1.82, 2.24) is 14.9 Å². The fourth-order valence-corrected chi connectivity index (χ4v) is 2.90. The zero-order valence-electron chi connectivity index (χ0n) is 12.4. The van der Waals surface area contributed by atoms with E-state index in [9.17, 15) is 4.39 Å². The van der Waals surface area contributed by atoms with Gasteiger partial charge in [0, 0.05) is 6.54 Å². The molecule has 3 rings (SSSR count). The number of para-hydroxylation sites is 1. The number of hydrogen-bond acceptors (Lipinski definition) is 3. The van der Waals surface area contributed by atoms with Crippen LogP contribution >= 0.6 is 0 Å². The number of hydrogen-bond donors (Lipinski definition) is 1. The molecule has 4 nitrogen and oxygen atoms in total. The van der Waals surface area contributed by atoms with E-state index in [0.717, 1.165) is 50.2 Å². The number of halogens is 1. The molecule has 1 aliphatic heterocycles. The van der Waals surface area contributed by atoms with Gasteiger partial charge < -0.3 is 14.6 Å². The Kier molecular flexibility index (Phi) is 4.51. The molecule has 21 heavy (non-hydrogen) atoms. The van der Waals surface area contributed by atoms with Crippen LogP contribution in [-0.4, -0.2) is 28.7 Å². The Bertz CT molecular complexity index is 605. The van der Waals surface area contributed by atoms with Gasteiger partial charge in [0.05, 0.1) is 11.6 Å². The smallest absolute Gasteiger partial charge is 0.151 e. The minimum absolute atomic E-state index is 0.259. The third-order valence-corrected chi connectivity index (χ3v) is 3.99. The maximum Gasteiger partial charge on any atom is 0.151 e. The number of aromatic nitrogens is 2. The van der Waals surface area contributed by atoms with Crippen molar-refractivity contribution in [3.8, 4) is 0 Å². The number of aryl methyl sites for hydroxylation is 1. The topological polar surface area (TPSA) is 39.1 Å². The lowest BCUT2D eigenvalue weighted by Gasteiger charge is -2.22. The van der Waals surface area contributed by atoms with Crippen LogP contribution in [0, 0.1) is 5.82 Å². The number of benzene rings is 1. The third-order valence-electron chi connectivity index (χ3n) is 3.99. The maximum atomic E-state index is 13.9. The van der Waals surface area contributed by atoms with Gasteiger partial charge in [0.2, 0.25) is 0 Å². The number of fused-ring (bicyclic) bond motifs is 1. The van der Waals surface area contributed by atoms with Gasteiger partial charge in [-0.25, -0.2) is 9.37 Å². The van der Waals surface area contributed by atoms with Gasteiger partial charge in [0.25, 0.3) is 0 Å². The van der Waals surface area contributed by atoms with Crippen LogP contribution in [0.15, 0.2) is 18.2 Å². The molecule has 2 aromatic rings. The summed E-state index contributed by atoms with van der Waals surface area (Å²) in [6.07, 6.45) is 3.33. The Hall–Kier alpha value is -1.46. The van der Waals surface area contributed by atoms with Crippen molar-refractivity contribution in [3.63, 3.8) is 0 Å². The molecule has 1 N–H and O–H groups in total. The van der Waals surface area contributed by atoms with Gasteiger partial charge in [-0.2, -0.15) is 0 Å². The summed E-state index contributed by atoms with van der Waals surface area (Å²) in [5.41, 5.74) is 1.32. The fraction of sp³-hybridized carbons (Fsp3) is 0.562. The van der Waals surface area contributed by atoms with Gasteiger partial charge in [-0.05, 0) is 44.5 Å². The van der Waals surface area contributed by atoms with Crippen LogP contribution in [0.1, 0.15) is 32.0 Å². The number of nitrogens with zero attached hydrogens (tertiary/aromatic N) is 2. The van der Waals surface area contributed by atoms with E-state index < -0.39 is 0 Å².